The van der Waals surface area contributed by atoms with Crippen molar-refractivity contribution in [2.75, 3.05) is 90.5 Å². The highest BCUT2D eigenvalue weighted by molar-refractivity contribution is 7.98. The third-order valence-electron chi connectivity index (χ3n) is 6.86. The van der Waals surface area contributed by atoms with Gasteiger partial charge in [-0.2, -0.15) is 11.8 Å². The molecule has 1 unspecified atom stereocenters. The van der Waals surface area contributed by atoms with Crippen molar-refractivity contribution in [1.29, 1.82) is 0 Å². The number of aliphatic carboxylic acids is 1. The highest BCUT2D eigenvalue weighted by Crippen LogP contribution is 2.11. The number of ether oxygens (including phenoxy) is 3. The topological polar surface area (TPSA) is 158 Å². The standard InChI is InChI=1S/C33H61N5O9S/c1-31(2,3)45-27(40)22-36-14-12-35(21-26(39)34-25(30(43)44)11-20-48-10)13-15-37(23-28(41)46-32(4,5)6)17-19-38(18-16-36)24-29(42)47-33(7,8)9/h25H,11-24H2,1-10H3,(H,34,39)(H,43,44). The Morgan fingerprint density at radius 1 is 0.604 bits per heavy atom. The van der Waals surface area contributed by atoms with E-state index in [4.69, 9.17) is 14.2 Å². The molecule has 1 saturated heterocycles. The average molecular weight is 704 g/mol. The number of amides is 1. The van der Waals surface area contributed by atoms with Gasteiger partial charge in [0, 0.05) is 52.4 Å². The number of nitrogens with zero attached hydrogens (tertiary/aromatic N) is 4. The fraction of sp³-hybridized carbons (Fsp3) is 0.848. The van der Waals surface area contributed by atoms with Gasteiger partial charge in [-0.05, 0) is 80.7 Å². The first-order valence-corrected chi connectivity index (χ1v) is 18.0. The molecule has 0 saturated carbocycles. The SMILES string of the molecule is CSCCC(NC(=O)CN1CCN(CC(=O)OC(C)(C)C)CCN(CC(=O)OC(C)(C)C)CCN(CC(=O)OC(C)(C)C)CC1)C(=O)O. The van der Waals surface area contributed by atoms with Crippen LogP contribution in [-0.2, 0) is 38.2 Å². The van der Waals surface area contributed by atoms with Crippen LogP contribution in [0.15, 0.2) is 0 Å². The number of rotatable bonds is 13. The Morgan fingerprint density at radius 3 is 1.15 bits per heavy atom. The van der Waals surface area contributed by atoms with E-state index in [2.05, 4.69) is 5.32 Å². The van der Waals surface area contributed by atoms with Crippen LogP contribution in [0.5, 0.6) is 0 Å². The van der Waals surface area contributed by atoms with Crippen LogP contribution in [0.4, 0.5) is 0 Å². The van der Waals surface area contributed by atoms with E-state index in [0.29, 0.717) is 64.5 Å². The molecular formula is C33H61N5O9S. The van der Waals surface area contributed by atoms with E-state index in [1.165, 1.54) is 11.8 Å². The Bertz CT molecular complexity index is 1010. The predicted molar refractivity (Wildman–Crippen MR) is 186 cm³/mol. The molecule has 1 rings (SSSR count). The zero-order valence-electron chi connectivity index (χ0n) is 30.9. The van der Waals surface area contributed by atoms with Crippen LogP contribution in [0.3, 0.4) is 0 Å². The molecule has 0 radical (unpaired) electrons. The minimum absolute atomic E-state index is 0.0120. The van der Waals surface area contributed by atoms with Crippen molar-refractivity contribution < 1.29 is 43.3 Å². The molecule has 1 aliphatic rings. The molecule has 0 aromatic carbocycles. The zero-order chi connectivity index (χ0) is 36.7. The van der Waals surface area contributed by atoms with E-state index in [1.54, 1.807) is 41.5 Å². The van der Waals surface area contributed by atoms with Gasteiger partial charge in [0.05, 0.1) is 26.2 Å². The average Bonchev–Trinajstić information content (AvgIpc) is 2.89. The second-order valence-corrected chi connectivity index (χ2v) is 16.1. The Morgan fingerprint density at radius 2 is 0.896 bits per heavy atom. The molecule has 0 bridgehead atoms. The van der Waals surface area contributed by atoms with Crippen molar-refractivity contribution in [3.63, 3.8) is 0 Å². The van der Waals surface area contributed by atoms with Gasteiger partial charge in [-0.3, -0.25) is 38.8 Å². The fourth-order valence-electron chi connectivity index (χ4n) is 4.82. The summed E-state index contributed by atoms with van der Waals surface area (Å²) in [6, 6.07) is -0.999. The maximum absolute atomic E-state index is 13.1. The van der Waals surface area contributed by atoms with E-state index in [0.717, 1.165) is 0 Å². The Kier molecular flexibility index (Phi) is 18.4. The Labute approximate surface area is 291 Å². The summed E-state index contributed by atoms with van der Waals surface area (Å²) in [5, 5.41) is 12.3. The second kappa shape index (κ2) is 20.3. The lowest BCUT2D eigenvalue weighted by Gasteiger charge is -2.34. The zero-order valence-corrected chi connectivity index (χ0v) is 31.7. The molecule has 15 heteroatoms. The van der Waals surface area contributed by atoms with Crippen LogP contribution >= 0.6 is 11.8 Å². The van der Waals surface area contributed by atoms with Gasteiger partial charge in [0.2, 0.25) is 5.91 Å². The maximum atomic E-state index is 13.1. The maximum Gasteiger partial charge on any atom is 0.326 e. The quantitative estimate of drug-likeness (QED) is 0.210. The molecule has 1 aliphatic heterocycles. The first-order chi connectivity index (χ1) is 22.0. The molecule has 1 amide bonds. The number of carbonyl (C=O) groups is 5. The van der Waals surface area contributed by atoms with Gasteiger partial charge in [0.15, 0.2) is 0 Å². The van der Waals surface area contributed by atoms with E-state index in [9.17, 15) is 29.1 Å². The number of thioether (sulfide) groups is 1. The van der Waals surface area contributed by atoms with Crippen molar-refractivity contribution in [3.8, 4) is 0 Å². The third kappa shape index (κ3) is 21.5. The van der Waals surface area contributed by atoms with Crippen LogP contribution in [-0.4, -0.2) is 168 Å². The third-order valence-corrected chi connectivity index (χ3v) is 7.50. The lowest BCUT2D eigenvalue weighted by atomic mass is 10.2. The van der Waals surface area contributed by atoms with Gasteiger partial charge >= 0.3 is 23.9 Å². The summed E-state index contributed by atoms with van der Waals surface area (Å²) < 4.78 is 16.7. The van der Waals surface area contributed by atoms with E-state index < -0.39 is 34.7 Å². The minimum atomic E-state index is -1.09. The number of hydrogen-bond acceptors (Lipinski definition) is 13. The summed E-state index contributed by atoms with van der Waals surface area (Å²) in [6.45, 7) is 19.5. The summed E-state index contributed by atoms with van der Waals surface area (Å²) in [4.78, 5) is 71.1. The molecule has 1 fully saturated rings. The van der Waals surface area contributed by atoms with Crippen molar-refractivity contribution in [3.05, 3.63) is 0 Å². The van der Waals surface area contributed by atoms with Crippen LogP contribution in [0.1, 0.15) is 68.7 Å². The number of carboxylic acid groups (broad SMARTS) is 1. The summed E-state index contributed by atoms with van der Waals surface area (Å²) in [6.07, 6.45) is 2.18. The Balaban J connectivity index is 3.28. The molecular weight excluding hydrogens is 642 g/mol. The van der Waals surface area contributed by atoms with E-state index >= 15 is 0 Å². The monoisotopic (exact) mass is 703 g/mol. The van der Waals surface area contributed by atoms with E-state index in [-0.39, 0.29) is 44.1 Å². The van der Waals surface area contributed by atoms with Crippen molar-refractivity contribution in [1.82, 2.24) is 24.9 Å². The second-order valence-electron chi connectivity index (χ2n) is 15.1. The molecule has 0 aromatic heterocycles. The molecule has 0 aliphatic carbocycles. The first-order valence-electron chi connectivity index (χ1n) is 16.6. The van der Waals surface area contributed by atoms with Crippen LogP contribution in [0.2, 0.25) is 0 Å². The molecule has 278 valence electrons. The lowest BCUT2D eigenvalue weighted by molar-refractivity contribution is -0.158. The van der Waals surface area contributed by atoms with Crippen molar-refractivity contribution >= 4 is 41.5 Å². The summed E-state index contributed by atoms with van der Waals surface area (Å²) in [7, 11) is 0. The van der Waals surface area contributed by atoms with Crippen LogP contribution in [0, 0.1) is 0 Å². The van der Waals surface area contributed by atoms with Gasteiger partial charge in [0.1, 0.15) is 22.8 Å². The summed E-state index contributed by atoms with van der Waals surface area (Å²) in [5.74, 6) is -2.07. The number of carbonyl (C=O) groups excluding carboxylic acids is 4. The molecule has 48 heavy (non-hydrogen) atoms. The number of hydrogen-bond donors (Lipinski definition) is 2. The Hall–Kier alpha value is -2.46. The number of nitrogens with one attached hydrogen (secondary N) is 1. The van der Waals surface area contributed by atoms with Crippen molar-refractivity contribution in [2.24, 2.45) is 0 Å². The molecule has 14 nitrogen and oxygen atoms in total. The number of carboxylic acids is 1. The van der Waals surface area contributed by atoms with Gasteiger partial charge < -0.3 is 24.6 Å². The highest BCUT2D eigenvalue weighted by Gasteiger charge is 2.27. The van der Waals surface area contributed by atoms with Gasteiger partial charge in [0.25, 0.3) is 0 Å². The predicted octanol–water partition coefficient (Wildman–Crippen LogP) is 1.56. The van der Waals surface area contributed by atoms with Crippen molar-refractivity contribution in [2.45, 2.75) is 91.6 Å². The lowest BCUT2D eigenvalue weighted by Crippen LogP contribution is -2.51. The van der Waals surface area contributed by atoms with Crippen LogP contribution in [0.25, 0.3) is 0 Å². The molecule has 1 heterocycles. The fourth-order valence-corrected chi connectivity index (χ4v) is 5.29. The molecule has 0 spiro atoms. The number of esters is 3. The normalized spacial score (nSPS) is 17.8. The van der Waals surface area contributed by atoms with E-state index in [1.807, 2.05) is 46.6 Å². The highest BCUT2D eigenvalue weighted by atomic mass is 32.2. The smallest absolute Gasteiger partial charge is 0.326 e. The summed E-state index contributed by atoms with van der Waals surface area (Å²) >= 11 is 1.50. The van der Waals surface area contributed by atoms with Gasteiger partial charge in [-0.25, -0.2) is 4.79 Å². The molecule has 2 N–H and O–H groups in total. The van der Waals surface area contributed by atoms with Gasteiger partial charge in [-0.1, -0.05) is 0 Å². The molecule has 0 aromatic rings. The van der Waals surface area contributed by atoms with Crippen LogP contribution < -0.4 is 5.32 Å². The first kappa shape index (κ1) is 43.6. The summed E-state index contributed by atoms with van der Waals surface area (Å²) in [5.41, 5.74) is -1.97. The largest absolute Gasteiger partial charge is 0.480 e. The molecule has 1 atom stereocenters. The minimum Gasteiger partial charge on any atom is -0.480 e. The van der Waals surface area contributed by atoms with Gasteiger partial charge in [-0.15, -0.1) is 0 Å².